The number of unbranched alkanes of at least 4 members (excludes halogenated alkanes) is 1. The summed E-state index contributed by atoms with van der Waals surface area (Å²) in [5.74, 6) is 2.02. The van der Waals surface area contributed by atoms with Gasteiger partial charge in [-0.3, -0.25) is 4.79 Å². The molecule has 5 heteroatoms. The molecule has 4 nitrogen and oxygen atoms in total. The Morgan fingerprint density at radius 3 is 3.00 bits per heavy atom. The molecule has 1 heterocycles. The van der Waals surface area contributed by atoms with Crippen molar-refractivity contribution in [2.45, 2.75) is 32.2 Å². The zero-order chi connectivity index (χ0) is 12.3. The van der Waals surface area contributed by atoms with E-state index >= 15 is 0 Å². The third-order valence-corrected chi connectivity index (χ3v) is 3.68. The normalized spacial score (nSPS) is 20.2. The maximum Gasteiger partial charge on any atom is 0.307 e. The minimum atomic E-state index is -0.121. The van der Waals surface area contributed by atoms with E-state index in [1.807, 2.05) is 11.8 Å². The topological polar surface area (TPSA) is 47.6 Å². The number of carbonyl (C=O) groups excluding carboxylic acids is 1. The lowest BCUT2D eigenvalue weighted by molar-refractivity contribution is -0.145. The molecule has 1 rings (SSSR count). The second-order valence-corrected chi connectivity index (χ2v) is 5.27. The van der Waals surface area contributed by atoms with Gasteiger partial charge in [-0.2, -0.15) is 11.8 Å². The molecule has 17 heavy (non-hydrogen) atoms. The molecule has 1 aliphatic rings. The summed E-state index contributed by atoms with van der Waals surface area (Å²) >= 11 is 1.89. The maximum absolute atomic E-state index is 11.5. The molecule has 100 valence electrons. The SMILES string of the molecule is CCCCOCCOC(=O)CC1CSCCN1. The van der Waals surface area contributed by atoms with Gasteiger partial charge in [-0.1, -0.05) is 13.3 Å². The summed E-state index contributed by atoms with van der Waals surface area (Å²) in [6.07, 6.45) is 2.67. The first-order valence-corrected chi connectivity index (χ1v) is 7.53. The van der Waals surface area contributed by atoms with Crippen LogP contribution in [0.2, 0.25) is 0 Å². The standard InChI is InChI=1S/C12H23NO3S/c1-2-3-5-15-6-7-16-12(14)9-11-10-17-8-4-13-11/h11,13H,2-10H2,1H3. The number of ether oxygens (including phenoxy) is 2. The highest BCUT2D eigenvalue weighted by molar-refractivity contribution is 7.99. The Hall–Kier alpha value is -0.260. The number of thioether (sulfide) groups is 1. The lowest BCUT2D eigenvalue weighted by Gasteiger charge is -2.22. The molecule has 0 amide bonds. The van der Waals surface area contributed by atoms with Crippen molar-refractivity contribution in [1.29, 1.82) is 0 Å². The van der Waals surface area contributed by atoms with Crippen molar-refractivity contribution in [2.24, 2.45) is 0 Å². The number of hydrogen-bond acceptors (Lipinski definition) is 5. The Labute approximate surface area is 108 Å². The lowest BCUT2D eigenvalue weighted by atomic mass is 10.2. The van der Waals surface area contributed by atoms with Crippen LogP contribution in [0.1, 0.15) is 26.2 Å². The summed E-state index contributed by atoms with van der Waals surface area (Å²) in [7, 11) is 0. The smallest absolute Gasteiger partial charge is 0.307 e. The third kappa shape index (κ3) is 7.63. The molecule has 1 fully saturated rings. The molecule has 0 spiro atoms. The molecular weight excluding hydrogens is 238 g/mol. The van der Waals surface area contributed by atoms with Crippen LogP contribution in [0.3, 0.4) is 0 Å². The second kappa shape index (κ2) is 9.74. The molecule has 0 aromatic carbocycles. The van der Waals surface area contributed by atoms with Crippen LogP contribution in [-0.4, -0.2) is 49.9 Å². The molecule has 0 aromatic heterocycles. The summed E-state index contributed by atoms with van der Waals surface area (Å²) < 4.78 is 10.4. The van der Waals surface area contributed by atoms with Gasteiger partial charge in [0.2, 0.25) is 0 Å². The first-order chi connectivity index (χ1) is 8.33. The minimum Gasteiger partial charge on any atom is -0.463 e. The average molecular weight is 261 g/mol. The van der Waals surface area contributed by atoms with E-state index in [1.54, 1.807) is 0 Å². The van der Waals surface area contributed by atoms with Crippen molar-refractivity contribution >= 4 is 17.7 Å². The predicted molar refractivity (Wildman–Crippen MR) is 70.4 cm³/mol. The molecule has 1 unspecified atom stereocenters. The van der Waals surface area contributed by atoms with E-state index in [0.29, 0.717) is 19.6 Å². The fourth-order valence-corrected chi connectivity index (χ4v) is 2.52. The van der Waals surface area contributed by atoms with E-state index in [1.165, 1.54) is 0 Å². The molecule has 1 saturated heterocycles. The van der Waals surface area contributed by atoms with Gasteiger partial charge in [0, 0.05) is 30.7 Å². The highest BCUT2D eigenvalue weighted by atomic mass is 32.2. The summed E-state index contributed by atoms with van der Waals surface area (Å²) in [6, 6.07) is 0.280. The highest BCUT2D eigenvalue weighted by Crippen LogP contribution is 2.10. The van der Waals surface area contributed by atoms with E-state index < -0.39 is 0 Å². The lowest BCUT2D eigenvalue weighted by Crippen LogP contribution is -2.39. The van der Waals surface area contributed by atoms with E-state index in [2.05, 4.69) is 12.2 Å². The Kier molecular flexibility index (Phi) is 8.48. The van der Waals surface area contributed by atoms with E-state index in [9.17, 15) is 4.79 Å². The van der Waals surface area contributed by atoms with Crippen LogP contribution in [0, 0.1) is 0 Å². The van der Waals surface area contributed by atoms with Crippen LogP contribution in [0.15, 0.2) is 0 Å². The summed E-state index contributed by atoms with van der Waals surface area (Å²) in [5.41, 5.74) is 0. The van der Waals surface area contributed by atoms with Crippen LogP contribution < -0.4 is 5.32 Å². The van der Waals surface area contributed by atoms with Crippen molar-refractivity contribution < 1.29 is 14.3 Å². The molecule has 1 aliphatic heterocycles. The third-order valence-electron chi connectivity index (χ3n) is 2.54. The molecule has 0 aromatic rings. The van der Waals surface area contributed by atoms with E-state index in [4.69, 9.17) is 9.47 Å². The maximum atomic E-state index is 11.5. The largest absolute Gasteiger partial charge is 0.463 e. The van der Waals surface area contributed by atoms with Gasteiger partial charge in [0.1, 0.15) is 6.61 Å². The van der Waals surface area contributed by atoms with E-state index in [-0.39, 0.29) is 12.0 Å². The number of carbonyl (C=O) groups is 1. The van der Waals surface area contributed by atoms with Gasteiger partial charge in [0.05, 0.1) is 13.0 Å². The first-order valence-electron chi connectivity index (χ1n) is 6.37. The summed E-state index contributed by atoms with van der Waals surface area (Å²) in [6.45, 7) is 4.76. The van der Waals surface area contributed by atoms with Crippen LogP contribution in [0.4, 0.5) is 0 Å². The fraction of sp³-hybridized carbons (Fsp3) is 0.917. The molecule has 0 bridgehead atoms. The predicted octanol–water partition coefficient (Wildman–Crippen LogP) is 1.44. The van der Waals surface area contributed by atoms with E-state index in [0.717, 1.165) is 37.5 Å². The van der Waals surface area contributed by atoms with Gasteiger partial charge >= 0.3 is 5.97 Å². The number of nitrogens with one attached hydrogen (secondary N) is 1. The molecule has 0 saturated carbocycles. The molecule has 0 radical (unpaired) electrons. The molecular formula is C12H23NO3S. The van der Waals surface area contributed by atoms with Crippen LogP contribution >= 0.6 is 11.8 Å². The Morgan fingerprint density at radius 2 is 2.29 bits per heavy atom. The highest BCUT2D eigenvalue weighted by Gasteiger charge is 2.17. The Morgan fingerprint density at radius 1 is 1.41 bits per heavy atom. The van der Waals surface area contributed by atoms with Crippen molar-refractivity contribution in [3.63, 3.8) is 0 Å². The molecule has 1 atom stereocenters. The summed E-state index contributed by atoms with van der Waals surface area (Å²) in [5, 5.41) is 3.32. The van der Waals surface area contributed by atoms with Crippen molar-refractivity contribution in [3.05, 3.63) is 0 Å². The fourth-order valence-electron chi connectivity index (χ4n) is 1.57. The Balaban J connectivity index is 1.93. The number of esters is 1. The molecule has 1 N–H and O–H groups in total. The zero-order valence-corrected chi connectivity index (χ0v) is 11.4. The number of rotatable bonds is 8. The van der Waals surface area contributed by atoms with Gasteiger partial charge < -0.3 is 14.8 Å². The monoisotopic (exact) mass is 261 g/mol. The van der Waals surface area contributed by atoms with Crippen molar-refractivity contribution in [1.82, 2.24) is 5.32 Å². The van der Waals surface area contributed by atoms with Crippen LogP contribution in [0.25, 0.3) is 0 Å². The van der Waals surface area contributed by atoms with Crippen molar-refractivity contribution in [3.8, 4) is 0 Å². The van der Waals surface area contributed by atoms with Gasteiger partial charge in [0.15, 0.2) is 0 Å². The number of hydrogen-bond donors (Lipinski definition) is 1. The van der Waals surface area contributed by atoms with Gasteiger partial charge in [-0.25, -0.2) is 0 Å². The minimum absolute atomic E-state index is 0.121. The zero-order valence-electron chi connectivity index (χ0n) is 10.6. The van der Waals surface area contributed by atoms with Crippen LogP contribution in [-0.2, 0) is 14.3 Å². The average Bonchev–Trinajstić information content (AvgIpc) is 2.35. The molecule has 0 aliphatic carbocycles. The van der Waals surface area contributed by atoms with Gasteiger partial charge in [-0.05, 0) is 6.42 Å². The van der Waals surface area contributed by atoms with Crippen molar-refractivity contribution in [2.75, 3.05) is 37.9 Å². The van der Waals surface area contributed by atoms with Gasteiger partial charge in [-0.15, -0.1) is 0 Å². The quantitative estimate of drug-likeness (QED) is 0.529. The summed E-state index contributed by atoms with van der Waals surface area (Å²) in [4.78, 5) is 11.5. The van der Waals surface area contributed by atoms with Gasteiger partial charge in [0.25, 0.3) is 0 Å². The van der Waals surface area contributed by atoms with Crippen LogP contribution in [0.5, 0.6) is 0 Å². The second-order valence-electron chi connectivity index (χ2n) is 4.12. The Bertz CT molecular complexity index is 208. The first kappa shape index (κ1) is 14.8.